The van der Waals surface area contributed by atoms with E-state index >= 15 is 0 Å². The molecule has 0 radical (unpaired) electrons. The molecule has 1 unspecified atom stereocenters. The normalized spacial score (nSPS) is 24.4. The molecule has 1 aromatic heterocycles. The van der Waals surface area contributed by atoms with Crippen LogP contribution in [0.25, 0.3) is 0 Å². The van der Waals surface area contributed by atoms with E-state index in [0.29, 0.717) is 5.92 Å². The molecule has 1 fully saturated rings. The highest BCUT2D eigenvalue weighted by Crippen LogP contribution is 2.18. The van der Waals surface area contributed by atoms with Crippen molar-refractivity contribution < 1.29 is 0 Å². The maximum absolute atomic E-state index is 4.68. The van der Waals surface area contributed by atoms with Gasteiger partial charge in [-0.05, 0) is 51.1 Å². The second-order valence-electron chi connectivity index (χ2n) is 4.89. The molecule has 4 nitrogen and oxygen atoms in total. The maximum atomic E-state index is 4.68. The monoisotopic (exact) mass is 218 g/mol. The van der Waals surface area contributed by atoms with Gasteiger partial charge in [0.1, 0.15) is 0 Å². The molecule has 4 heteroatoms. The standard InChI is InChI=1S/C12H18N4/c1-2-4-11-10(3-1)14-12(16-15-11)7-9-5-6-13-8-9/h9,13H,1-8H2. The van der Waals surface area contributed by atoms with Crippen molar-refractivity contribution in [2.45, 2.75) is 38.5 Å². The molecule has 3 rings (SSSR count). The van der Waals surface area contributed by atoms with E-state index in [2.05, 4.69) is 20.5 Å². The Bertz CT molecular complexity index is 371. The Hall–Kier alpha value is -1.03. The summed E-state index contributed by atoms with van der Waals surface area (Å²) in [6.07, 6.45) is 6.92. The molecule has 86 valence electrons. The first-order chi connectivity index (χ1) is 7.92. The zero-order valence-electron chi connectivity index (χ0n) is 9.58. The van der Waals surface area contributed by atoms with Crippen LogP contribution in [-0.4, -0.2) is 28.3 Å². The number of hydrogen-bond acceptors (Lipinski definition) is 4. The number of nitrogens with zero attached hydrogens (tertiary/aromatic N) is 3. The van der Waals surface area contributed by atoms with E-state index in [1.165, 1.54) is 25.0 Å². The van der Waals surface area contributed by atoms with Crippen LogP contribution < -0.4 is 5.32 Å². The zero-order chi connectivity index (χ0) is 10.8. The van der Waals surface area contributed by atoms with Crippen LogP contribution in [0.5, 0.6) is 0 Å². The van der Waals surface area contributed by atoms with Crippen LogP contribution in [0, 0.1) is 5.92 Å². The molecular weight excluding hydrogens is 200 g/mol. The van der Waals surface area contributed by atoms with Crippen LogP contribution >= 0.6 is 0 Å². The Morgan fingerprint density at radius 3 is 2.81 bits per heavy atom. The van der Waals surface area contributed by atoms with Crippen molar-refractivity contribution in [1.29, 1.82) is 0 Å². The van der Waals surface area contributed by atoms with Crippen molar-refractivity contribution in [2.24, 2.45) is 5.92 Å². The molecule has 16 heavy (non-hydrogen) atoms. The first-order valence-corrected chi connectivity index (χ1v) is 6.34. The predicted octanol–water partition coefficient (Wildman–Crippen LogP) is 0.902. The average molecular weight is 218 g/mol. The van der Waals surface area contributed by atoms with Crippen LogP contribution in [0.2, 0.25) is 0 Å². The Balaban J connectivity index is 1.74. The molecule has 1 atom stereocenters. The summed E-state index contributed by atoms with van der Waals surface area (Å²) in [5.74, 6) is 1.66. The highest BCUT2D eigenvalue weighted by Gasteiger charge is 2.18. The van der Waals surface area contributed by atoms with Crippen molar-refractivity contribution >= 4 is 0 Å². The van der Waals surface area contributed by atoms with Crippen molar-refractivity contribution in [3.05, 3.63) is 17.2 Å². The molecule has 1 saturated heterocycles. The highest BCUT2D eigenvalue weighted by molar-refractivity contribution is 5.13. The van der Waals surface area contributed by atoms with Crippen LogP contribution in [0.4, 0.5) is 0 Å². The number of rotatable bonds is 2. The van der Waals surface area contributed by atoms with Gasteiger partial charge >= 0.3 is 0 Å². The summed E-state index contributed by atoms with van der Waals surface area (Å²) in [5.41, 5.74) is 2.35. The summed E-state index contributed by atoms with van der Waals surface area (Å²) in [7, 11) is 0. The smallest absolute Gasteiger partial charge is 0.151 e. The van der Waals surface area contributed by atoms with Gasteiger partial charge < -0.3 is 5.32 Å². The van der Waals surface area contributed by atoms with Gasteiger partial charge in [0.2, 0.25) is 0 Å². The van der Waals surface area contributed by atoms with Gasteiger partial charge in [-0.15, -0.1) is 5.10 Å². The average Bonchev–Trinajstić information content (AvgIpc) is 2.82. The van der Waals surface area contributed by atoms with Gasteiger partial charge in [0.15, 0.2) is 5.82 Å². The summed E-state index contributed by atoms with van der Waals surface area (Å²) in [5, 5.41) is 12.0. The molecule has 1 aliphatic carbocycles. The van der Waals surface area contributed by atoms with E-state index in [1.807, 2.05) is 0 Å². The summed E-state index contributed by atoms with van der Waals surface area (Å²) >= 11 is 0. The summed E-state index contributed by atoms with van der Waals surface area (Å²) in [6.45, 7) is 2.25. The van der Waals surface area contributed by atoms with Crippen LogP contribution in [0.1, 0.15) is 36.5 Å². The fourth-order valence-electron chi connectivity index (χ4n) is 2.63. The lowest BCUT2D eigenvalue weighted by Gasteiger charge is -2.14. The first kappa shape index (κ1) is 10.1. The van der Waals surface area contributed by atoms with Gasteiger partial charge in [-0.25, -0.2) is 4.98 Å². The maximum Gasteiger partial charge on any atom is 0.151 e. The third-order valence-electron chi connectivity index (χ3n) is 3.59. The Morgan fingerprint density at radius 1 is 1.12 bits per heavy atom. The minimum absolute atomic E-state index is 0.712. The molecule has 0 amide bonds. The molecule has 1 aliphatic heterocycles. The summed E-state index contributed by atoms with van der Waals surface area (Å²) < 4.78 is 0. The quantitative estimate of drug-likeness (QED) is 0.801. The molecule has 2 aliphatic rings. The van der Waals surface area contributed by atoms with Gasteiger partial charge in [0.05, 0.1) is 11.4 Å². The molecular formula is C12H18N4. The van der Waals surface area contributed by atoms with E-state index < -0.39 is 0 Å². The molecule has 2 heterocycles. The van der Waals surface area contributed by atoms with Gasteiger partial charge in [0, 0.05) is 6.42 Å². The highest BCUT2D eigenvalue weighted by atomic mass is 15.2. The summed E-state index contributed by atoms with van der Waals surface area (Å²) in [6, 6.07) is 0. The van der Waals surface area contributed by atoms with Gasteiger partial charge in [-0.1, -0.05) is 0 Å². The number of nitrogens with one attached hydrogen (secondary N) is 1. The molecule has 0 spiro atoms. The molecule has 1 aromatic rings. The van der Waals surface area contributed by atoms with Gasteiger partial charge in [-0.2, -0.15) is 5.10 Å². The number of aromatic nitrogens is 3. The molecule has 1 N–H and O–H groups in total. The lowest BCUT2D eigenvalue weighted by atomic mass is 10.0. The largest absolute Gasteiger partial charge is 0.316 e. The van der Waals surface area contributed by atoms with E-state index in [4.69, 9.17) is 0 Å². The van der Waals surface area contributed by atoms with E-state index in [1.54, 1.807) is 0 Å². The number of fused-ring (bicyclic) bond motifs is 1. The fourth-order valence-corrected chi connectivity index (χ4v) is 2.63. The first-order valence-electron chi connectivity index (χ1n) is 6.34. The van der Waals surface area contributed by atoms with Crippen molar-refractivity contribution in [3.63, 3.8) is 0 Å². The van der Waals surface area contributed by atoms with E-state index in [0.717, 1.165) is 43.9 Å². The Labute approximate surface area is 95.9 Å². The third kappa shape index (κ3) is 2.07. The SMILES string of the molecule is C1CCc2nc(CC3CCNC3)nnc2C1. The molecule has 0 aromatic carbocycles. The lowest BCUT2D eigenvalue weighted by Crippen LogP contribution is -2.16. The lowest BCUT2D eigenvalue weighted by molar-refractivity contribution is 0.541. The van der Waals surface area contributed by atoms with Crippen LogP contribution in [0.15, 0.2) is 0 Å². The Morgan fingerprint density at radius 2 is 2.00 bits per heavy atom. The fraction of sp³-hybridized carbons (Fsp3) is 0.750. The van der Waals surface area contributed by atoms with Gasteiger partial charge in [0.25, 0.3) is 0 Å². The number of aryl methyl sites for hydroxylation is 2. The Kier molecular flexibility index (Phi) is 2.82. The van der Waals surface area contributed by atoms with Crippen molar-refractivity contribution in [1.82, 2.24) is 20.5 Å². The van der Waals surface area contributed by atoms with Crippen LogP contribution in [0.3, 0.4) is 0 Å². The minimum Gasteiger partial charge on any atom is -0.316 e. The van der Waals surface area contributed by atoms with E-state index in [-0.39, 0.29) is 0 Å². The minimum atomic E-state index is 0.712. The van der Waals surface area contributed by atoms with E-state index in [9.17, 15) is 0 Å². The second-order valence-corrected chi connectivity index (χ2v) is 4.89. The van der Waals surface area contributed by atoms with Gasteiger partial charge in [-0.3, -0.25) is 0 Å². The van der Waals surface area contributed by atoms with Crippen molar-refractivity contribution in [2.75, 3.05) is 13.1 Å². The summed E-state index contributed by atoms with van der Waals surface area (Å²) in [4.78, 5) is 4.68. The topological polar surface area (TPSA) is 50.7 Å². The zero-order valence-corrected chi connectivity index (χ0v) is 9.58. The van der Waals surface area contributed by atoms with Crippen LogP contribution in [-0.2, 0) is 19.3 Å². The number of hydrogen-bond donors (Lipinski definition) is 1. The third-order valence-corrected chi connectivity index (χ3v) is 3.59. The molecule has 0 saturated carbocycles. The second kappa shape index (κ2) is 4.45. The predicted molar refractivity (Wildman–Crippen MR) is 61.1 cm³/mol. The van der Waals surface area contributed by atoms with Crippen molar-refractivity contribution in [3.8, 4) is 0 Å². The molecule has 0 bridgehead atoms.